The summed E-state index contributed by atoms with van der Waals surface area (Å²) in [6, 6.07) is 2.07. The molecular weight excluding hydrogens is 276 g/mol. The van der Waals surface area contributed by atoms with E-state index in [-0.39, 0.29) is 22.5 Å². The van der Waals surface area contributed by atoms with Gasteiger partial charge >= 0.3 is 0 Å². The maximum atomic E-state index is 13.6. The molecule has 0 aliphatic rings. The van der Waals surface area contributed by atoms with E-state index in [2.05, 4.69) is 15.5 Å². The van der Waals surface area contributed by atoms with Crippen molar-refractivity contribution in [2.24, 2.45) is 0 Å². The van der Waals surface area contributed by atoms with Gasteiger partial charge in [0.2, 0.25) is 0 Å². The van der Waals surface area contributed by atoms with E-state index >= 15 is 0 Å². The first kappa shape index (κ1) is 13.9. The highest BCUT2D eigenvalue weighted by atomic mass is 35.5. The lowest BCUT2D eigenvalue weighted by Gasteiger charge is -2.03. The van der Waals surface area contributed by atoms with Gasteiger partial charge in [0.05, 0.1) is 17.1 Å². The molecule has 0 unspecified atom stereocenters. The predicted octanol–water partition coefficient (Wildman–Crippen LogP) is 3.17. The molecule has 4 nitrogen and oxygen atoms in total. The number of nitrogens with one attached hydrogen (secondary N) is 1. The molecule has 19 heavy (non-hydrogen) atoms. The zero-order valence-electron chi connectivity index (χ0n) is 10.4. The number of halogens is 3. The number of rotatable bonds is 4. The summed E-state index contributed by atoms with van der Waals surface area (Å²) in [6.07, 6.45) is 0. The highest BCUT2D eigenvalue weighted by Gasteiger charge is 2.16. The Morgan fingerprint density at radius 1 is 1.32 bits per heavy atom. The van der Waals surface area contributed by atoms with Crippen molar-refractivity contribution in [2.75, 3.05) is 0 Å². The first-order valence-corrected chi connectivity index (χ1v) is 6.06. The van der Waals surface area contributed by atoms with E-state index < -0.39 is 11.6 Å². The molecule has 0 aliphatic carbocycles. The fraction of sp³-hybridized carbons (Fsp3) is 0.333. The molecule has 0 bridgehead atoms. The molecule has 0 radical (unpaired) electrons. The van der Waals surface area contributed by atoms with E-state index in [4.69, 9.17) is 16.1 Å². The minimum atomic E-state index is -0.738. The SMILES string of the molecule is CC(C)NCc1noc(-c2cc(F)c(Cl)cc2F)n1. The maximum absolute atomic E-state index is 13.6. The van der Waals surface area contributed by atoms with Crippen LogP contribution in [0.3, 0.4) is 0 Å². The number of nitrogens with zero attached hydrogens (tertiary/aromatic N) is 2. The zero-order chi connectivity index (χ0) is 14.0. The van der Waals surface area contributed by atoms with Crippen LogP contribution in [0.15, 0.2) is 16.7 Å². The van der Waals surface area contributed by atoms with Crippen LogP contribution in [-0.4, -0.2) is 16.2 Å². The van der Waals surface area contributed by atoms with Crippen LogP contribution >= 0.6 is 11.6 Å². The van der Waals surface area contributed by atoms with E-state index in [0.29, 0.717) is 12.4 Å². The summed E-state index contributed by atoms with van der Waals surface area (Å²) in [5.74, 6) is -1.15. The van der Waals surface area contributed by atoms with Crippen molar-refractivity contribution >= 4 is 11.6 Å². The Bertz CT molecular complexity index is 586. The van der Waals surface area contributed by atoms with Crippen LogP contribution < -0.4 is 5.32 Å². The highest BCUT2D eigenvalue weighted by molar-refractivity contribution is 6.30. The molecule has 1 aromatic carbocycles. The molecule has 2 aromatic rings. The van der Waals surface area contributed by atoms with Crippen LogP contribution in [0.25, 0.3) is 11.5 Å². The molecule has 102 valence electrons. The number of benzene rings is 1. The van der Waals surface area contributed by atoms with Gasteiger partial charge in [0.15, 0.2) is 5.82 Å². The first-order chi connectivity index (χ1) is 8.97. The minimum absolute atomic E-state index is 0.0753. The van der Waals surface area contributed by atoms with Crippen LogP contribution in [0.2, 0.25) is 5.02 Å². The smallest absolute Gasteiger partial charge is 0.261 e. The fourth-order valence-electron chi connectivity index (χ4n) is 1.42. The third-order valence-electron chi connectivity index (χ3n) is 2.38. The summed E-state index contributed by atoms with van der Waals surface area (Å²) in [5, 5.41) is 6.49. The lowest BCUT2D eigenvalue weighted by atomic mass is 10.2. The van der Waals surface area contributed by atoms with Crippen molar-refractivity contribution < 1.29 is 13.3 Å². The summed E-state index contributed by atoms with van der Waals surface area (Å²) < 4.78 is 31.9. The topological polar surface area (TPSA) is 51.0 Å². The van der Waals surface area contributed by atoms with E-state index in [1.165, 1.54) is 0 Å². The second kappa shape index (κ2) is 5.63. The first-order valence-electron chi connectivity index (χ1n) is 5.68. The molecule has 0 spiro atoms. The minimum Gasteiger partial charge on any atom is -0.334 e. The van der Waals surface area contributed by atoms with Gasteiger partial charge < -0.3 is 9.84 Å². The molecule has 1 heterocycles. The molecule has 0 saturated heterocycles. The number of hydrogen-bond acceptors (Lipinski definition) is 4. The Hall–Kier alpha value is -1.53. The van der Waals surface area contributed by atoms with Crippen molar-refractivity contribution in [3.63, 3.8) is 0 Å². The molecule has 1 aromatic heterocycles. The molecule has 1 N–H and O–H groups in total. The third-order valence-corrected chi connectivity index (χ3v) is 2.67. The lowest BCUT2D eigenvalue weighted by Crippen LogP contribution is -2.22. The Labute approximate surface area is 113 Å². The van der Waals surface area contributed by atoms with E-state index in [0.717, 1.165) is 12.1 Å². The number of aromatic nitrogens is 2. The van der Waals surface area contributed by atoms with Crippen LogP contribution in [0.4, 0.5) is 8.78 Å². The summed E-state index contributed by atoms with van der Waals surface area (Å²) in [5.41, 5.74) is -0.106. The van der Waals surface area contributed by atoms with Gasteiger partial charge in [-0.1, -0.05) is 30.6 Å². The van der Waals surface area contributed by atoms with Gasteiger partial charge in [-0.15, -0.1) is 0 Å². The standard InChI is InChI=1S/C12H12ClF2N3O/c1-6(2)16-5-11-17-12(19-18-11)7-3-10(15)8(13)4-9(7)14/h3-4,6,16H,5H2,1-2H3. The molecule has 0 saturated carbocycles. The van der Waals surface area contributed by atoms with E-state index in [9.17, 15) is 8.78 Å². The van der Waals surface area contributed by atoms with Crippen LogP contribution in [0.5, 0.6) is 0 Å². The summed E-state index contributed by atoms with van der Waals surface area (Å²) in [7, 11) is 0. The van der Waals surface area contributed by atoms with E-state index in [1.807, 2.05) is 13.8 Å². The molecule has 0 amide bonds. The molecule has 0 aliphatic heterocycles. The Morgan fingerprint density at radius 3 is 2.74 bits per heavy atom. The van der Waals surface area contributed by atoms with Crippen LogP contribution in [-0.2, 0) is 6.54 Å². The maximum Gasteiger partial charge on any atom is 0.261 e. The second-order valence-electron chi connectivity index (χ2n) is 4.30. The Kier molecular flexibility index (Phi) is 4.11. The van der Waals surface area contributed by atoms with Gasteiger partial charge in [0, 0.05) is 6.04 Å². The third kappa shape index (κ3) is 3.27. The average Bonchev–Trinajstić information content (AvgIpc) is 2.80. The molecular formula is C12H12ClF2N3O. The van der Waals surface area contributed by atoms with Gasteiger partial charge in [-0.3, -0.25) is 0 Å². The van der Waals surface area contributed by atoms with Crippen molar-refractivity contribution in [1.29, 1.82) is 0 Å². The summed E-state index contributed by atoms with van der Waals surface area (Å²) in [4.78, 5) is 3.99. The van der Waals surface area contributed by atoms with Crippen molar-refractivity contribution in [3.05, 3.63) is 34.6 Å². The Balaban J connectivity index is 2.25. The molecule has 0 fully saturated rings. The van der Waals surface area contributed by atoms with Gasteiger partial charge in [-0.2, -0.15) is 4.98 Å². The predicted molar refractivity (Wildman–Crippen MR) is 66.6 cm³/mol. The van der Waals surface area contributed by atoms with Gasteiger partial charge in [-0.25, -0.2) is 8.78 Å². The van der Waals surface area contributed by atoms with Gasteiger partial charge in [0.25, 0.3) is 5.89 Å². The summed E-state index contributed by atoms with van der Waals surface area (Å²) in [6.45, 7) is 4.32. The average molecular weight is 288 g/mol. The molecule has 2 rings (SSSR count). The van der Waals surface area contributed by atoms with Crippen molar-refractivity contribution in [1.82, 2.24) is 15.5 Å². The van der Waals surface area contributed by atoms with E-state index in [1.54, 1.807) is 0 Å². The summed E-state index contributed by atoms with van der Waals surface area (Å²) >= 11 is 5.47. The quantitative estimate of drug-likeness (QED) is 0.878. The molecule has 7 heteroatoms. The highest BCUT2D eigenvalue weighted by Crippen LogP contribution is 2.26. The van der Waals surface area contributed by atoms with Crippen LogP contribution in [0.1, 0.15) is 19.7 Å². The normalized spacial score (nSPS) is 11.3. The van der Waals surface area contributed by atoms with Crippen molar-refractivity contribution in [2.45, 2.75) is 26.4 Å². The molecule has 0 atom stereocenters. The van der Waals surface area contributed by atoms with Crippen molar-refractivity contribution in [3.8, 4) is 11.5 Å². The fourth-order valence-corrected chi connectivity index (χ4v) is 1.57. The van der Waals surface area contributed by atoms with Crippen LogP contribution in [0, 0.1) is 11.6 Å². The zero-order valence-corrected chi connectivity index (χ0v) is 11.1. The lowest BCUT2D eigenvalue weighted by molar-refractivity contribution is 0.415. The monoisotopic (exact) mass is 287 g/mol. The largest absolute Gasteiger partial charge is 0.334 e. The van der Waals surface area contributed by atoms with Gasteiger partial charge in [0.1, 0.15) is 11.6 Å². The Morgan fingerprint density at radius 2 is 2.05 bits per heavy atom. The second-order valence-corrected chi connectivity index (χ2v) is 4.70. The van der Waals surface area contributed by atoms with Gasteiger partial charge in [-0.05, 0) is 12.1 Å². The number of hydrogen-bond donors (Lipinski definition) is 1.